The topological polar surface area (TPSA) is 92.4 Å². The Kier molecular flexibility index (Phi) is 6.40. The molecule has 0 heterocycles. The van der Waals surface area contributed by atoms with Crippen molar-refractivity contribution in [3.63, 3.8) is 0 Å². The summed E-state index contributed by atoms with van der Waals surface area (Å²) in [5, 5.41) is 18.0. The zero-order valence-corrected chi connectivity index (χ0v) is 14.5. The molecule has 0 aromatic heterocycles. The van der Waals surface area contributed by atoms with Gasteiger partial charge in [0.1, 0.15) is 0 Å². The van der Waals surface area contributed by atoms with Gasteiger partial charge in [-0.15, -0.1) is 0 Å². The van der Waals surface area contributed by atoms with E-state index in [0.29, 0.717) is 12.1 Å². The molecule has 142 valence electrons. The number of aliphatic hydroxyl groups is 1. The Morgan fingerprint density at radius 3 is 2.04 bits per heavy atom. The van der Waals surface area contributed by atoms with Gasteiger partial charge in [-0.2, -0.15) is 13.2 Å². The highest BCUT2D eigenvalue weighted by molar-refractivity contribution is 7.89. The van der Waals surface area contributed by atoms with Gasteiger partial charge in [0, 0.05) is 13.1 Å². The van der Waals surface area contributed by atoms with Gasteiger partial charge in [-0.3, -0.25) is 0 Å². The van der Waals surface area contributed by atoms with Crippen LogP contribution in [0.3, 0.4) is 0 Å². The zero-order valence-electron chi connectivity index (χ0n) is 13.7. The lowest BCUT2D eigenvalue weighted by Gasteiger charge is -2.13. The molecule has 0 amide bonds. The number of nitrogens with two attached hydrogens (primary N) is 1. The van der Waals surface area contributed by atoms with Gasteiger partial charge in [0.2, 0.25) is 10.0 Å². The number of hydrogen-bond acceptors (Lipinski definition) is 4. The van der Waals surface area contributed by atoms with E-state index in [2.05, 4.69) is 5.32 Å². The van der Waals surface area contributed by atoms with E-state index in [1.807, 2.05) is 0 Å². The molecule has 2 aromatic carbocycles. The molecule has 2 aromatic rings. The summed E-state index contributed by atoms with van der Waals surface area (Å²) in [4.78, 5) is 0.0172. The maximum Gasteiger partial charge on any atom is 0.416 e. The molecule has 26 heavy (non-hydrogen) atoms. The summed E-state index contributed by atoms with van der Waals surface area (Å²) in [5.41, 5.74) is 0.681. The number of aliphatic hydroxyl groups excluding tert-OH is 1. The summed E-state index contributed by atoms with van der Waals surface area (Å²) in [6.07, 6.45) is -4.93. The number of nitrogens with one attached hydrogen (secondary N) is 1. The quantitative estimate of drug-likeness (QED) is 0.677. The lowest BCUT2D eigenvalue weighted by Crippen LogP contribution is -2.28. The van der Waals surface area contributed by atoms with E-state index < -0.39 is 27.9 Å². The van der Waals surface area contributed by atoms with Crippen molar-refractivity contribution in [3.05, 3.63) is 65.2 Å². The third-order valence-electron chi connectivity index (χ3n) is 3.71. The van der Waals surface area contributed by atoms with Crippen LogP contribution in [0.1, 0.15) is 16.7 Å². The predicted octanol–water partition coefficient (Wildman–Crippen LogP) is 2.05. The first kappa shape index (κ1) is 20.4. The second-order valence-electron chi connectivity index (χ2n) is 5.87. The van der Waals surface area contributed by atoms with Gasteiger partial charge in [0.25, 0.3) is 0 Å². The minimum atomic E-state index is -4.38. The van der Waals surface area contributed by atoms with Crippen LogP contribution < -0.4 is 10.5 Å². The van der Waals surface area contributed by atoms with Gasteiger partial charge < -0.3 is 10.4 Å². The fourth-order valence-corrected chi connectivity index (χ4v) is 2.87. The highest BCUT2D eigenvalue weighted by atomic mass is 32.2. The van der Waals surface area contributed by atoms with E-state index in [4.69, 9.17) is 5.14 Å². The number of sulfonamides is 1. The molecule has 0 spiro atoms. The summed E-state index contributed by atoms with van der Waals surface area (Å²) in [7, 11) is -3.73. The largest absolute Gasteiger partial charge is 0.416 e. The van der Waals surface area contributed by atoms with Crippen molar-refractivity contribution in [2.45, 2.75) is 30.1 Å². The predicted molar refractivity (Wildman–Crippen MR) is 90.7 cm³/mol. The lowest BCUT2D eigenvalue weighted by molar-refractivity contribution is -0.137. The van der Waals surface area contributed by atoms with Gasteiger partial charge in [-0.05, 0) is 41.8 Å². The second kappa shape index (κ2) is 8.17. The normalized spacial score (nSPS) is 13.6. The number of hydrogen-bond donors (Lipinski definition) is 3. The minimum Gasteiger partial charge on any atom is -0.391 e. The van der Waals surface area contributed by atoms with Crippen molar-refractivity contribution in [1.29, 1.82) is 0 Å². The molecule has 9 heteroatoms. The molecule has 0 bridgehead atoms. The van der Waals surface area contributed by atoms with E-state index in [9.17, 15) is 26.7 Å². The minimum absolute atomic E-state index is 0.0172. The molecule has 0 radical (unpaired) electrons. The molecular formula is C17H19F3N2O3S. The third kappa shape index (κ3) is 6.10. The monoisotopic (exact) mass is 388 g/mol. The fraction of sp³-hybridized carbons (Fsp3) is 0.294. The summed E-state index contributed by atoms with van der Waals surface area (Å²) < 4.78 is 59.8. The first-order valence-corrected chi connectivity index (χ1v) is 9.27. The number of halogens is 3. The molecule has 0 saturated carbocycles. The van der Waals surface area contributed by atoms with Crippen molar-refractivity contribution in [1.82, 2.24) is 5.32 Å². The standard InChI is InChI=1S/C17H19F3N2O3S/c18-17(19,20)14-5-1-12(2-6-14)9-15(23)11-22-10-13-3-7-16(8-4-13)26(21,24)25/h1-8,15,22-23H,9-11H2,(H2,21,24,25). The molecule has 0 fully saturated rings. The SMILES string of the molecule is NS(=O)(=O)c1ccc(CNCC(O)Cc2ccc(C(F)(F)F)cc2)cc1. The van der Waals surface area contributed by atoms with Crippen LogP contribution in [0, 0.1) is 0 Å². The highest BCUT2D eigenvalue weighted by Gasteiger charge is 2.29. The molecule has 0 saturated heterocycles. The van der Waals surface area contributed by atoms with Crippen LogP contribution in [0.5, 0.6) is 0 Å². The Hall–Kier alpha value is -1.94. The molecule has 1 unspecified atom stereocenters. The van der Waals surface area contributed by atoms with E-state index in [-0.39, 0.29) is 17.9 Å². The first-order chi connectivity index (χ1) is 12.1. The van der Waals surface area contributed by atoms with Crippen LogP contribution in [0.2, 0.25) is 0 Å². The third-order valence-corrected chi connectivity index (χ3v) is 4.64. The van der Waals surface area contributed by atoms with E-state index in [1.165, 1.54) is 24.3 Å². The van der Waals surface area contributed by atoms with Crippen LogP contribution >= 0.6 is 0 Å². The van der Waals surface area contributed by atoms with Gasteiger partial charge in [0.15, 0.2) is 0 Å². The number of rotatable bonds is 7. The highest BCUT2D eigenvalue weighted by Crippen LogP contribution is 2.29. The summed E-state index contributed by atoms with van der Waals surface area (Å²) in [6.45, 7) is 0.632. The first-order valence-electron chi connectivity index (χ1n) is 7.72. The van der Waals surface area contributed by atoms with Crippen LogP contribution in [-0.2, 0) is 29.2 Å². The van der Waals surface area contributed by atoms with Gasteiger partial charge in [0.05, 0.1) is 16.6 Å². The maximum absolute atomic E-state index is 12.5. The van der Waals surface area contributed by atoms with Crippen molar-refractivity contribution in [2.24, 2.45) is 5.14 Å². The van der Waals surface area contributed by atoms with Gasteiger partial charge in [-0.25, -0.2) is 13.6 Å². The number of benzene rings is 2. The molecule has 4 N–H and O–H groups in total. The Morgan fingerprint density at radius 2 is 1.54 bits per heavy atom. The van der Waals surface area contributed by atoms with E-state index in [1.54, 1.807) is 12.1 Å². The zero-order chi connectivity index (χ0) is 19.4. The maximum atomic E-state index is 12.5. The van der Waals surface area contributed by atoms with Crippen LogP contribution in [0.4, 0.5) is 13.2 Å². The summed E-state index contributed by atoms with van der Waals surface area (Å²) in [6, 6.07) is 10.7. The van der Waals surface area contributed by atoms with Crippen molar-refractivity contribution in [3.8, 4) is 0 Å². The van der Waals surface area contributed by atoms with Crippen molar-refractivity contribution in [2.75, 3.05) is 6.54 Å². The van der Waals surface area contributed by atoms with Crippen molar-refractivity contribution >= 4 is 10.0 Å². The molecule has 0 aliphatic rings. The average molecular weight is 388 g/mol. The second-order valence-corrected chi connectivity index (χ2v) is 7.43. The van der Waals surface area contributed by atoms with E-state index in [0.717, 1.165) is 17.7 Å². The molecule has 5 nitrogen and oxygen atoms in total. The number of primary sulfonamides is 1. The van der Waals surface area contributed by atoms with Crippen LogP contribution in [0.25, 0.3) is 0 Å². The van der Waals surface area contributed by atoms with Crippen LogP contribution in [-0.4, -0.2) is 26.2 Å². The molecule has 2 rings (SSSR count). The van der Waals surface area contributed by atoms with Gasteiger partial charge >= 0.3 is 6.18 Å². The summed E-state index contributed by atoms with van der Waals surface area (Å²) >= 11 is 0. The lowest BCUT2D eigenvalue weighted by atomic mass is 10.1. The smallest absolute Gasteiger partial charge is 0.391 e. The molecular weight excluding hydrogens is 369 g/mol. The fourth-order valence-electron chi connectivity index (χ4n) is 2.35. The summed E-state index contributed by atoms with van der Waals surface area (Å²) in [5.74, 6) is 0. The molecule has 1 atom stereocenters. The van der Waals surface area contributed by atoms with Crippen molar-refractivity contribution < 1.29 is 26.7 Å². The Balaban J connectivity index is 1.81. The van der Waals surface area contributed by atoms with Crippen LogP contribution in [0.15, 0.2) is 53.4 Å². The molecule has 0 aliphatic carbocycles. The Bertz CT molecular complexity index is 820. The van der Waals surface area contributed by atoms with E-state index >= 15 is 0 Å². The average Bonchev–Trinajstić information content (AvgIpc) is 2.54. The molecule has 0 aliphatic heterocycles. The number of alkyl halides is 3. The van der Waals surface area contributed by atoms with Gasteiger partial charge in [-0.1, -0.05) is 24.3 Å². The Morgan fingerprint density at radius 1 is 1.00 bits per heavy atom. The Labute approximate surface area is 149 Å².